The molecule has 0 saturated heterocycles. The average Bonchev–Trinajstić information content (AvgIpc) is 3.12. The Bertz CT molecular complexity index is 445. The summed E-state index contributed by atoms with van der Waals surface area (Å²) < 4.78 is 13.2. The highest BCUT2D eigenvalue weighted by Crippen LogP contribution is 2.57. The van der Waals surface area contributed by atoms with Crippen LogP contribution in [0.3, 0.4) is 0 Å². The highest BCUT2D eigenvalue weighted by molar-refractivity contribution is 5.28. The summed E-state index contributed by atoms with van der Waals surface area (Å²) >= 11 is 0. The predicted molar refractivity (Wildman–Crippen MR) is 76.6 cm³/mol. The number of likely N-dealkylation sites (N-methyl/N-ethyl adjacent to an activating group) is 1. The Hall–Kier alpha value is -0.890. The van der Waals surface area contributed by atoms with E-state index < -0.39 is 0 Å². The van der Waals surface area contributed by atoms with Crippen LogP contribution in [-0.2, 0) is 6.42 Å². The molecule has 1 aromatic carbocycles. The van der Waals surface area contributed by atoms with Crippen LogP contribution in [0.15, 0.2) is 18.2 Å². The molecule has 1 nitrogen and oxygen atoms in total. The third-order valence-corrected chi connectivity index (χ3v) is 5.30. The minimum atomic E-state index is -0.123. The fourth-order valence-electron chi connectivity index (χ4n) is 4.20. The first-order chi connectivity index (χ1) is 9.20. The number of nitrogens with one attached hydrogen (secondary N) is 1. The normalized spacial score (nSPS) is 30.8. The van der Waals surface area contributed by atoms with Crippen molar-refractivity contribution in [3.05, 3.63) is 35.1 Å². The Morgan fingerprint density at radius 1 is 1.26 bits per heavy atom. The van der Waals surface area contributed by atoms with Crippen LogP contribution in [0.1, 0.15) is 36.8 Å². The lowest BCUT2D eigenvalue weighted by atomic mass is 9.97. The lowest BCUT2D eigenvalue weighted by Crippen LogP contribution is -2.31. The van der Waals surface area contributed by atoms with Crippen molar-refractivity contribution in [1.29, 1.82) is 0 Å². The van der Waals surface area contributed by atoms with Gasteiger partial charge in [0.2, 0.25) is 0 Å². The molecule has 0 aromatic heterocycles. The molecule has 0 bridgehead atoms. The summed E-state index contributed by atoms with van der Waals surface area (Å²) in [5.74, 6) is 2.67. The summed E-state index contributed by atoms with van der Waals surface area (Å²) in [4.78, 5) is 0. The van der Waals surface area contributed by atoms with Crippen molar-refractivity contribution in [3.63, 3.8) is 0 Å². The number of benzene rings is 1. The molecular weight excluding hydrogens is 237 g/mol. The third kappa shape index (κ3) is 2.55. The number of rotatable bonds is 4. The van der Waals surface area contributed by atoms with Gasteiger partial charge in [-0.3, -0.25) is 0 Å². The van der Waals surface area contributed by atoms with E-state index in [0.717, 1.165) is 29.7 Å². The van der Waals surface area contributed by atoms with E-state index in [4.69, 9.17) is 0 Å². The molecule has 3 unspecified atom stereocenters. The molecule has 2 aliphatic carbocycles. The summed E-state index contributed by atoms with van der Waals surface area (Å²) in [6, 6.07) is 5.77. The molecule has 3 atom stereocenters. The van der Waals surface area contributed by atoms with E-state index in [0.29, 0.717) is 6.04 Å². The zero-order chi connectivity index (χ0) is 13.4. The molecule has 19 heavy (non-hydrogen) atoms. The second-order valence-corrected chi connectivity index (χ2v) is 6.36. The summed E-state index contributed by atoms with van der Waals surface area (Å²) in [7, 11) is 2.08. The topological polar surface area (TPSA) is 12.0 Å². The van der Waals surface area contributed by atoms with Gasteiger partial charge in [-0.25, -0.2) is 4.39 Å². The van der Waals surface area contributed by atoms with Crippen LogP contribution in [0.5, 0.6) is 0 Å². The van der Waals surface area contributed by atoms with E-state index in [1.807, 2.05) is 13.0 Å². The van der Waals surface area contributed by atoms with Crippen LogP contribution >= 0.6 is 0 Å². The van der Waals surface area contributed by atoms with Gasteiger partial charge in [0, 0.05) is 6.04 Å². The molecule has 0 amide bonds. The second kappa shape index (κ2) is 5.24. The molecule has 0 radical (unpaired) electrons. The van der Waals surface area contributed by atoms with Crippen molar-refractivity contribution in [2.45, 2.75) is 45.1 Å². The van der Waals surface area contributed by atoms with E-state index >= 15 is 0 Å². The van der Waals surface area contributed by atoms with Gasteiger partial charge < -0.3 is 5.32 Å². The number of halogens is 1. The van der Waals surface area contributed by atoms with Crippen molar-refractivity contribution in [2.75, 3.05) is 7.05 Å². The molecule has 2 fully saturated rings. The Balaban J connectivity index is 1.70. The van der Waals surface area contributed by atoms with E-state index in [2.05, 4.69) is 12.4 Å². The molecular formula is C17H24FN. The van der Waals surface area contributed by atoms with Gasteiger partial charge in [-0.05, 0) is 74.2 Å². The van der Waals surface area contributed by atoms with Crippen LogP contribution in [0.25, 0.3) is 0 Å². The molecule has 3 rings (SSSR count). The summed E-state index contributed by atoms with van der Waals surface area (Å²) in [6.07, 6.45) is 6.74. The Labute approximate surface area is 115 Å². The van der Waals surface area contributed by atoms with Gasteiger partial charge in [0.15, 0.2) is 0 Å². The first-order valence-electron chi connectivity index (χ1n) is 7.63. The summed E-state index contributed by atoms with van der Waals surface area (Å²) in [6.45, 7) is 2.02. The molecule has 2 saturated carbocycles. The van der Waals surface area contributed by atoms with E-state index in [1.165, 1.54) is 31.2 Å². The van der Waals surface area contributed by atoms with Crippen molar-refractivity contribution >= 4 is 0 Å². The molecule has 0 aliphatic heterocycles. The average molecular weight is 261 g/mol. The standard InChI is InChI=1S/C17H24FN/c1-11-9-13(18)8-7-12(11)10-16(19-2)17-14-5-3-4-6-15(14)17/h7-9,14-17,19H,3-6,10H2,1-2H3. The molecule has 2 aliphatic rings. The second-order valence-electron chi connectivity index (χ2n) is 6.36. The minimum absolute atomic E-state index is 0.123. The van der Waals surface area contributed by atoms with E-state index in [-0.39, 0.29) is 5.82 Å². The van der Waals surface area contributed by atoms with Crippen molar-refractivity contribution < 1.29 is 4.39 Å². The van der Waals surface area contributed by atoms with Crippen LogP contribution in [0.4, 0.5) is 4.39 Å². The smallest absolute Gasteiger partial charge is 0.123 e. The van der Waals surface area contributed by atoms with Crippen molar-refractivity contribution in [2.24, 2.45) is 17.8 Å². The number of aryl methyl sites for hydroxylation is 1. The molecule has 0 spiro atoms. The third-order valence-electron chi connectivity index (χ3n) is 5.30. The van der Waals surface area contributed by atoms with Crippen LogP contribution in [0.2, 0.25) is 0 Å². The van der Waals surface area contributed by atoms with Crippen LogP contribution in [-0.4, -0.2) is 13.1 Å². The highest BCUT2D eigenvalue weighted by Gasteiger charge is 2.53. The lowest BCUT2D eigenvalue weighted by Gasteiger charge is -2.18. The zero-order valence-electron chi connectivity index (χ0n) is 12.0. The molecule has 1 aromatic rings. The Morgan fingerprint density at radius 2 is 1.95 bits per heavy atom. The summed E-state index contributed by atoms with van der Waals surface area (Å²) in [5.41, 5.74) is 2.38. The predicted octanol–water partition coefficient (Wildman–Crippen LogP) is 3.70. The summed E-state index contributed by atoms with van der Waals surface area (Å²) in [5, 5.41) is 3.52. The first-order valence-corrected chi connectivity index (χ1v) is 7.63. The van der Waals surface area contributed by atoms with Gasteiger partial charge in [-0.1, -0.05) is 18.9 Å². The number of hydrogen-bond acceptors (Lipinski definition) is 1. The maximum absolute atomic E-state index is 13.2. The number of hydrogen-bond donors (Lipinski definition) is 1. The number of fused-ring (bicyclic) bond motifs is 1. The van der Waals surface area contributed by atoms with E-state index in [1.54, 1.807) is 12.1 Å². The van der Waals surface area contributed by atoms with Gasteiger partial charge in [0.1, 0.15) is 5.82 Å². The lowest BCUT2D eigenvalue weighted by molar-refractivity contribution is 0.459. The zero-order valence-corrected chi connectivity index (χ0v) is 12.0. The SMILES string of the molecule is CNC(Cc1ccc(F)cc1C)C1C2CCCCC21. The van der Waals surface area contributed by atoms with Crippen molar-refractivity contribution in [1.82, 2.24) is 5.32 Å². The van der Waals surface area contributed by atoms with E-state index in [9.17, 15) is 4.39 Å². The van der Waals surface area contributed by atoms with Gasteiger partial charge >= 0.3 is 0 Å². The Morgan fingerprint density at radius 3 is 2.53 bits per heavy atom. The largest absolute Gasteiger partial charge is 0.316 e. The molecule has 0 heterocycles. The van der Waals surface area contributed by atoms with Crippen LogP contribution in [0, 0.1) is 30.5 Å². The fraction of sp³-hybridized carbons (Fsp3) is 0.647. The maximum atomic E-state index is 13.2. The first kappa shape index (κ1) is 13.1. The molecule has 1 N–H and O–H groups in total. The Kier molecular flexibility index (Phi) is 3.62. The maximum Gasteiger partial charge on any atom is 0.123 e. The van der Waals surface area contributed by atoms with Crippen molar-refractivity contribution in [3.8, 4) is 0 Å². The van der Waals surface area contributed by atoms with Gasteiger partial charge in [0.25, 0.3) is 0 Å². The van der Waals surface area contributed by atoms with Gasteiger partial charge in [-0.2, -0.15) is 0 Å². The highest BCUT2D eigenvalue weighted by atomic mass is 19.1. The molecule has 104 valence electrons. The fourth-order valence-corrected chi connectivity index (χ4v) is 4.20. The van der Waals surface area contributed by atoms with Crippen LogP contribution < -0.4 is 5.32 Å². The minimum Gasteiger partial charge on any atom is -0.316 e. The molecule has 2 heteroatoms. The van der Waals surface area contributed by atoms with Gasteiger partial charge in [0.05, 0.1) is 0 Å². The monoisotopic (exact) mass is 261 g/mol. The quantitative estimate of drug-likeness (QED) is 0.871. The van der Waals surface area contributed by atoms with Gasteiger partial charge in [-0.15, -0.1) is 0 Å².